The van der Waals surface area contributed by atoms with Crippen LogP contribution >= 0.6 is 0 Å². The molecule has 1 amide bonds. The number of rotatable bonds is 4. The van der Waals surface area contributed by atoms with Gasteiger partial charge in [0.25, 0.3) is 0 Å². The van der Waals surface area contributed by atoms with Gasteiger partial charge in [-0.1, -0.05) is 18.9 Å². The van der Waals surface area contributed by atoms with Crippen LogP contribution in [0.25, 0.3) is 0 Å². The maximum atomic E-state index is 11.3. The highest BCUT2D eigenvalue weighted by Gasteiger charge is 2.23. The highest BCUT2D eigenvalue weighted by molar-refractivity contribution is 5.76. The number of carbonyl (C=O) groups excluding carboxylic acids is 1. The van der Waals surface area contributed by atoms with Crippen LogP contribution in [0, 0.1) is 0 Å². The van der Waals surface area contributed by atoms with Gasteiger partial charge in [-0.2, -0.15) is 0 Å². The molecule has 1 aliphatic carbocycles. The summed E-state index contributed by atoms with van der Waals surface area (Å²) in [7, 11) is 0. The Bertz CT molecular complexity index is 203. The minimum Gasteiger partial charge on any atom is -0.391 e. The van der Waals surface area contributed by atoms with Crippen molar-refractivity contribution in [1.82, 2.24) is 5.32 Å². The molecule has 0 spiro atoms. The highest BCUT2D eigenvalue weighted by Crippen LogP contribution is 2.18. The summed E-state index contributed by atoms with van der Waals surface area (Å²) in [5, 5.41) is 12.5. The minimum absolute atomic E-state index is 0.0239. The monoisotopic (exact) mass is 197 g/mol. The van der Waals surface area contributed by atoms with E-state index in [1.54, 1.807) is 6.08 Å². The number of hydrogen-bond acceptors (Lipinski definition) is 2. The van der Waals surface area contributed by atoms with Crippen molar-refractivity contribution in [2.24, 2.45) is 0 Å². The van der Waals surface area contributed by atoms with Crippen molar-refractivity contribution in [1.29, 1.82) is 0 Å². The predicted molar refractivity (Wildman–Crippen MR) is 55.8 cm³/mol. The number of amides is 1. The summed E-state index contributed by atoms with van der Waals surface area (Å²) >= 11 is 0. The van der Waals surface area contributed by atoms with E-state index in [1.165, 1.54) is 0 Å². The van der Waals surface area contributed by atoms with Crippen LogP contribution in [-0.2, 0) is 4.79 Å². The molecule has 2 atom stereocenters. The highest BCUT2D eigenvalue weighted by atomic mass is 16.3. The average molecular weight is 197 g/mol. The van der Waals surface area contributed by atoms with Gasteiger partial charge in [-0.05, 0) is 19.3 Å². The Labute approximate surface area is 85.2 Å². The van der Waals surface area contributed by atoms with Crippen LogP contribution in [0.4, 0.5) is 0 Å². The van der Waals surface area contributed by atoms with Crippen LogP contribution in [0.15, 0.2) is 12.7 Å². The summed E-state index contributed by atoms with van der Waals surface area (Å²) in [6.45, 7) is 3.57. The normalized spacial score (nSPS) is 26.9. The first-order valence-corrected chi connectivity index (χ1v) is 5.32. The quantitative estimate of drug-likeness (QED) is 0.669. The first-order valence-electron chi connectivity index (χ1n) is 5.32. The second-order valence-electron chi connectivity index (χ2n) is 3.85. The maximum Gasteiger partial charge on any atom is 0.220 e. The third-order valence-corrected chi connectivity index (χ3v) is 2.65. The number of aliphatic hydroxyl groups excluding tert-OH is 1. The zero-order chi connectivity index (χ0) is 10.4. The van der Waals surface area contributed by atoms with E-state index < -0.39 is 0 Å². The van der Waals surface area contributed by atoms with Crippen molar-refractivity contribution in [2.45, 2.75) is 50.7 Å². The predicted octanol–water partition coefficient (Wildman–Crippen LogP) is 1.37. The van der Waals surface area contributed by atoms with Gasteiger partial charge in [0.15, 0.2) is 0 Å². The van der Waals surface area contributed by atoms with Crippen LogP contribution in [0.1, 0.15) is 38.5 Å². The van der Waals surface area contributed by atoms with Crippen LogP contribution in [-0.4, -0.2) is 23.2 Å². The van der Waals surface area contributed by atoms with Gasteiger partial charge in [0.1, 0.15) is 0 Å². The molecular weight excluding hydrogens is 178 g/mol. The van der Waals surface area contributed by atoms with Gasteiger partial charge >= 0.3 is 0 Å². The van der Waals surface area contributed by atoms with Crippen LogP contribution in [0.5, 0.6) is 0 Å². The smallest absolute Gasteiger partial charge is 0.220 e. The van der Waals surface area contributed by atoms with E-state index in [1.807, 2.05) is 0 Å². The standard InChI is InChI=1S/C11H19NO2/c1-2-3-8-11(14)12-9-6-4-5-7-10(9)13/h2,9-10,13H,1,3-8H2,(H,12,14). The Hall–Kier alpha value is -0.830. The molecule has 3 heteroatoms. The van der Waals surface area contributed by atoms with Gasteiger partial charge in [0.05, 0.1) is 12.1 Å². The summed E-state index contributed by atoms with van der Waals surface area (Å²) in [5.74, 6) is 0.0239. The van der Waals surface area contributed by atoms with E-state index in [4.69, 9.17) is 0 Å². The Balaban J connectivity index is 2.27. The number of nitrogens with one attached hydrogen (secondary N) is 1. The Morgan fingerprint density at radius 1 is 1.50 bits per heavy atom. The fourth-order valence-corrected chi connectivity index (χ4v) is 1.79. The minimum atomic E-state index is -0.351. The first kappa shape index (κ1) is 11.2. The lowest BCUT2D eigenvalue weighted by atomic mass is 9.92. The zero-order valence-electron chi connectivity index (χ0n) is 8.54. The molecule has 0 aromatic rings. The van der Waals surface area contributed by atoms with Crippen molar-refractivity contribution >= 4 is 5.91 Å². The molecule has 0 bridgehead atoms. The van der Waals surface area contributed by atoms with E-state index in [0.29, 0.717) is 12.8 Å². The van der Waals surface area contributed by atoms with Crippen LogP contribution < -0.4 is 5.32 Å². The summed E-state index contributed by atoms with van der Waals surface area (Å²) in [6.07, 6.45) is 6.45. The van der Waals surface area contributed by atoms with Crippen molar-refractivity contribution in [3.05, 3.63) is 12.7 Å². The van der Waals surface area contributed by atoms with E-state index in [-0.39, 0.29) is 18.1 Å². The SMILES string of the molecule is C=CCCC(=O)NC1CCCCC1O. The van der Waals surface area contributed by atoms with Crippen molar-refractivity contribution in [2.75, 3.05) is 0 Å². The molecular formula is C11H19NO2. The Kier molecular flexibility index (Phi) is 4.66. The number of aliphatic hydroxyl groups is 1. The molecule has 0 heterocycles. The molecule has 0 radical (unpaired) electrons. The van der Waals surface area contributed by atoms with E-state index in [9.17, 15) is 9.90 Å². The van der Waals surface area contributed by atoms with Crippen LogP contribution in [0.2, 0.25) is 0 Å². The molecule has 1 saturated carbocycles. The Morgan fingerprint density at radius 3 is 2.86 bits per heavy atom. The Morgan fingerprint density at radius 2 is 2.21 bits per heavy atom. The molecule has 1 aliphatic rings. The van der Waals surface area contributed by atoms with Gasteiger partial charge in [-0.3, -0.25) is 4.79 Å². The van der Waals surface area contributed by atoms with Gasteiger partial charge < -0.3 is 10.4 Å². The van der Waals surface area contributed by atoms with Gasteiger partial charge in [-0.15, -0.1) is 6.58 Å². The zero-order valence-corrected chi connectivity index (χ0v) is 8.54. The third kappa shape index (κ3) is 3.50. The number of allylic oxidation sites excluding steroid dienone is 1. The summed E-state index contributed by atoms with van der Waals surface area (Å²) in [4.78, 5) is 11.3. The molecule has 2 N–H and O–H groups in total. The largest absolute Gasteiger partial charge is 0.391 e. The van der Waals surface area contributed by atoms with E-state index in [0.717, 1.165) is 25.7 Å². The first-order chi connectivity index (χ1) is 6.74. The van der Waals surface area contributed by atoms with Gasteiger partial charge in [0, 0.05) is 6.42 Å². The molecule has 14 heavy (non-hydrogen) atoms. The second-order valence-corrected chi connectivity index (χ2v) is 3.85. The lowest BCUT2D eigenvalue weighted by Crippen LogP contribution is -2.44. The average Bonchev–Trinajstić information content (AvgIpc) is 2.18. The van der Waals surface area contributed by atoms with E-state index in [2.05, 4.69) is 11.9 Å². The topological polar surface area (TPSA) is 49.3 Å². The molecule has 80 valence electrons. The van der Waals surface area contributed by atoms with E-state index >= 15 is 0 Å². The van der Waals surface area contributed by atoms with Crippen molar-refractivity contribution in [3.8, 4) is 0 Å². The van der Waals surface area contributed by atoms with Crippen molar-refractivity contribution in [3.63, 3.8) is 0 Å². The van der Waals surface area contributed by atoms with Crippen molar-refractivity contribution < 1.29 is 9.90 Å². The summed E-state index contributed by atoms with van der Waals surface area (Å²) < 4.78 is 0. The summed E-state index contributed by atoms with van der Waals surface area (Å²) in [6, 6.07) is -0.0268. The third-order valence-electron chi connectivity index (χ3n) is 2.65. The maximum absolute atomic E-state index is 11.3. The lowest BCUT2D eigenvalue weighted by Gasteiger charge is -2.28. The molecule has 0 aromatic heterocycles. The molecule has 2 unspecified atom stereocenters. The molecule has 3 nitrogen and oxygen atoms in total. The molecule has 1 rings (SSSR count). The lowest BCUT2D eigenvalue weighted by molar-refractivity contribution is -0.122. The number of carbonyl (C=O) groups is 1. The second kappa shape index (κ2) is 5.81. The summed E-state index contributed by atoms with van der Waals surface area (Å²) in [5.41, 5.74) is 0. The van der Waals surface area contributed by atoms with Crippen LogP contribution in [0.3, 0.4) is 0 Å². The fourth-order valence-electron chi connectivity index (χ4n) is 1.79. The molecule has 0 saturated heterocycles. The molecule has 0 aliphatic heterocycles. The fraction of sp³-hybridized carbons (Fsp3) is 0.727. The van der Waals surface area contributed by atoms with Gasteiger partial charge in [-0.25, -0.2) is 0 Å². The molecule has 0 aromatic carbocycles. The molecule has 1 fully saturated rings. The van der Waals surface area contributed by atoms with Gasteiger partial charge in [0.2, 0.25) is 5.91 Å². The number of hydrogen-bond donors (Lipinski definition) is 2.